The highest BCUT2D eigenvalue weighted by molar-refractivity contribution is 6.30. The van der Waals surface area contributed by atoms with Crippen molar-refractivity contribution in [1.82, 2.24) is 9.88 Å². The second-order valence-electron chi connectivity index (χ2n) is 8.01. The van der Waals surface area contributed by atoms with Crippen LogP contribution in [-0.4, -0.2) is 40.4 Å². The fraction of sp³-hybridized carbons (Fsp3) is 0.409. The van der Waals surface area contributed by atoms with Crippen molar-refractivity contribution in [3.05, 3.63) is 58.5 Å². The molecule has 1 aromatic carbocycles. The minimum absolute atomic E-state index is 0.0128. The molecule has 2 bridgehead atoms. The molecule has 2 aromatic rings. The summed E-state index contributed by atoms with van der Waals surface area (Å²) < 4.78 is 18.7. The number of amides is 2. The summed E-state index contributed by atoms with van der Waals surface area (Å²) in [5.74, 6) is -0.575. The van der Waals surface area contributed by atoms with E-state index in [2.05, 4.69) is 4.98 Å². The second kappa shape index (κ2) is 8.60. The topological polar surface area (TPSA) is 85.5 Å². The number of fused-ring (bicyclic) bond motifs is 2. The fourth-order valence-corrected chi connectivity index (χ4v) is 4.90. The Morgan fingerprint density at radius 2 is 1.87 bits per heavy atom. The van der Waals surface area contributed by atoms with E-state index < -0.39 is 5.91 Å². The maximum absolute atomic E-state index is 13.1. The molecule has 1 aromatic heterocycles. The first-order chi connectivity index (χ1) is 14.4. The molecular weight excluding hydrogens is 409 g/mol. The Hall–Kier alpha value is -2.67. The predicted octanol–water partition coefficient (Wildman–Crippen LogP) is 3.36. The van der Waals surface area contributed by atoms with Gasteiger partial charge in [0.2, 0.25) is 5.88 Å². The molecule has 0 aliphatic carbocycles. The van der Waals surface area contributed by atoms with Gasteiger partial charge in [-0.25, -0.2) is 9.37 Å². The van der Waals surface area contributed by atoms with Crippen molar-refractivity contribution in [1.29, 1.82) is 0 Å². The van der Waals surface area contributed by atoms with Gasteiger partial charge in [-0.05, 0) is 61.8 Å². The van der Waals surface area contributed by atoms with Gasteiger partial charge < -0.3 is 15.4 Å². The largest absolute Gasteiger partial charge is 0.467 e. The Morgan fingerprint density at radius 3 is 2.50 bits per heavy atom. The van der Waals surface area contributed by atoms with Crippen LogP contribution in [0.4, 0.5) is 4.39 Å². The number of primary amides is 1. The number of benzene rings is 1. The third-order valence-electron chi connectivity index (χ3n) is 5.97. The van der Waals surface area contributed by atoms with Gasteiger partial charge in [0, 0.05) is 18.3 Å². The first-order valence-electron chi connectivity index (χ1n) is 10.0. The number of piperidine rings is 1. The van der Waals surface area contributed by atoms with Crippen molar-refractivity contribution in [2.45, 2.75) is 44.2 Å². The highest BCUT2D eigenvalue weighted by atomic mass is 35.5. The van der Waals surface area contributed by atoms with E-state index in [-0.39, 0.29) is 46.9 Å². The lowest BCUT2D eigenvalue weighted by molar-refractivity contribution is -0.138. The minimum Gasteiger partial charge on any atom is -0.467 e. The Bertz CT molecular complexity index is 939. The maximum Gasteiger partial charge on any atom is 0.261 e. The van der Waals surface area contributed by atoms with Crippen LogP contribution in [0, 0.1) is 11.7 Å². The Kier molecular flexibility index (Phi) is 5.90. The maximum atomic E-state index is 13.1. The quantitative estimate of drug-likeness (QED) is 0.759. The number of aromatic nitrogens is 1. The molecule has 2 unspecified atom stereocenters. The zero-order valence-electron chi connectivity index (χ0n) is 16.4. The molecule has 2 saturated heterocycles. The van der Waals surface area contributed by atoms with Crippen molar-refractivity contribution < 1.29 is 18.7 Å². The summed E-state index contributed by atoms with van der Waals surface area (Å²) in [5, 5.41) is 0.267. The highest BCUT2D eigenvalue weighted by Crippen LogP contribution is 2.40. The summed E-state index contributed by atoms with van der Waals surface area (Å²) in [7, 11) is 0. The lowest BCUT2D eigenvalue weighted by atomic mass is 9.86. The fourth-order valence-electron chi connectivity index (χ4n) is 4.74. The summed E-state index contributed by atoms with van der Waals surface area (Å²) in [4.78, 5) is 30.4. The van der Waals surface area contributed by atoms with Crippen LogP contribution in [0.25, 0.3) is 0 Å². The number of halogens is 2. The molecule has 158 valence electrons. The van der Waals surface area contributed by atoms with E-state index in [9.17, 15) is 14.0 Å². The van der Waals surface area contributed by atoms with Crippen molar-refractivity contribution in [2.75, 3.05) is 6.61 Å². The van der Waals surface area contributed by atoms with E-state index in [1.807, 2.05) is 17.0 Å². The first kappa shape index (κ1) is 20.6. The Labute approximate surface area is 179 Å². The second-order valence-corrected chi connectivity index (χ2v) is 8.45. The van der Waals surface area contributed by atoms with Gasteiger partial charge in [0.25, 0.3) is 11.8 Å². The molecular formula is C22H23ClFN3O3. The lowest BCUT2D eigenvalue weighted by Crippen LogP contribution is -2.48. The highest BCUT2D eigenvalue weighted by Gasteiger charge is 2.43. The van der Waals surface area contributed by atoms with Crippen LogP contribution in [0.2, 0.25) is 5.02 Å². The van der Waals surface area contributed by atoms with Gasteiger partial charge >= 0.3 is 0 Å². The number of pyridine rings is 1. The van der Waals surface area contributed by atoms with E-state index >= 15 is 0 Å². The van der Waals surface area contributed by atoms with Crippen molar-refractivity contribution in [3.63, 3.8) is 0 Å². The summed E-state index contributed by atoms with van der Waals surface area (Å²) in [6.07, 6.45) is 6.03. The first-order valence-corrected chi connectivity index (χ1v) is 10.4. The van der Waals surface area contributed by atoms with Gasteiger partial charge in [0.1, 0.15) is 11.4 Å². The molecule has 4 rings (SSSR count). The average Bonchev–Trinajstić information content (AvgIpc) is 2.99. The molecule has 3 heterocycles. The number of nitrogens with zero attached hydrogens (tertiary/aromatic N) is 2. The molecule has 30 heavy (non-hydrogen) atoms. The predicted molar refractivity (Wildman–Crippen MR) is 110 cm³/mol. The normalized spacial score (nSPS) is 22.7. The van der Waals surface area contributed by atoms with Crippen molar-refractivity contribution in [2.24, 2.45) is 11.7 Å². The summed E-state index contributed by atoms with van der Waals surface area (Å²) in [6, 6.07) is 8.38. The van der Waals surface area contributed by atoms with Gasteiger partial charge in [0.05, 0.1) is 5.02 Å². The molecule has 0 saturated carbocycles. The molecule has 2 aliphatic heterocycles. The number of ether oxygens (including phenoxy) is 1. The van der Waals surface area contributed by atoms with Crippen LogP contribution >= 0.6 is 11.6 Å². The van der Waals surface area contributed by atoms with Crippen LogP contribution in [0.1, 0.15) is 41.6 Å². The molecule has 2 fully saturated rings. The Morgan fingerprint density at radius 1 is 1.20 bits per heavy atom. The van der Waals surface area contributed by atoms with Crippen LogP contribution < -0.4 is 10.5 Å². The van der Waals surface area contributed by atoms with Gasteiger partial charge in [-0.15, -0.1) is 0 Å². The van der Waals surface area contributed by atoms with E-state index in [1.54, 1.807) is 0 Å². The van der Waals surface area contributed by atoms with E-state index in [4.69, 9.17) is 22.1 Å². The number of carbonyl (C=O) groups excluding carboxylic acids is 2. The molecule has 0 radical (unpaired) electrons. The third kappa shape index (κ3) is 4.41. The Balaban J connectivity index is 1.37. The van der Waals surface area contributed by atoms with Gasteiger partial charge in [-0.3, -0.25) is 9.59 Å². The molecule has 6 nitrogen and oxygen atoms in total. The average molecular weight is 432 g/mol. The molecule has 2 N–H and O–H groups in total. The van der Waals surface area contributed by atoms with Crippen LogP contribution in [0.5, 0.6) is 5.88 Å². The van der Waals surface area contributed by atoms with E-state index in [1.165, 1.54) is 24.4 Å². The van der Waals surface area contributed by atoms with Crippen molar-refractivity contribution >= 4 is 23.4 Å². The summed E-state index contributed by atoms with van der Waals surface area (Å²) in [6.45, 7) is -0.204. The zero-order valence-corrected chi connectivity index (χ0v) is 17.1. The van der Waals surface area contributed by atoms with Gasteiger partial charge in [-0.2, -0.15) is 0 Å². The number of hydrogen-bond acceptors (Lipinski definition) is 4. The zero-order chi connectivity index (χ0) is 21.3. The molecule has 8 heteroatoms. The molecule has 2 amide bonds. The SMILES string of the molecule is NC(=O)c1cc(Cl)cnc1OCC(=O)N1C2CCC1CC(Cc1ccc(F)cc1)C2. The molecule has 2 atom stereocenters. The molecule has 0 spiro atoms. The summed E-state index contributed by atoms with van der Waals surface area (Å²) >= 11 is 5.85. The van der Waals surface area contributed by atoms with E-state index in [0.29, 0.717) is 5.92 Å². The van der Waals surface area contributed by atoms with Gasteiger partial charge in [0.15, 0.2) is 6.61 Å². The molecule has 2 aliphatic rings. The lowest BCUT2D eigenvalue weighted by Gasteiger charge is -2.39. The van der Waals surface area contributed by atoms with Gasteiger partial charge in [-0.1, -0.05) is 23.7 Å². The number of rotatable bonds is 6. The number of hydrogen-bond donors (Lipinski definition) is 1. The minimum atomic E-state index is -0.714. The smallest absolute Gasteiger partial charge is 0.261 e. The summed E-state index contributed by atoms with van der Waals surface area (Å²) in [5.41, 5.74) is 6.51. The van der Waals surface area contributed by atoms with Crippen LogP contribution in [0.3, 0.4) is 0 Å². The standard InChI is InChI=1S/C22H23ClFN3O3/c23-15-10-19(21(25)29)22(26-11-15)30-12-20(28)27-17-5-6-18(27)9-14(8-17)7-13-1-3-16(24)4-2-13/h1-4,10-11,14,17-18H,5-9,12H2,(H2,25,29). The van der Waals surface area contributed by atoms with Crippen molar-refractivity contribution in [3.8, 4) is 5.88 Å². The van der Waals surface area contributed by atoms with E-state index in [0.717, 1.165) is 37.7 Å². The number of nitrogens with two attached hydrogens (primary N) is 1. The third-order valence-corrected chi connectivity index (χ3v) is 6.18. The number of carbonyl (C=O) groups is 2. The van der Waals surface area contributed by atoms with Crippen LogP contribution in [-0.2, 0) is 11.2 Å². The van der Waals surface area contributed by atoms with Crippen LogP contribution in [0.15, 0.2) is 36.5 Å². The monoisotopic (exact) mass is 431 g/mol.